The minimum Gasteiger partial charge on any atom is -0.496 e. The van der Waals surface area contributed by atoms with E-state index in [0.29, 0.717) is 16.5 Å². The molecule has 8 heteroatoms. The van der Waals surface area contributed by atoms with Crippen LogP contribution in [0.4, 0.5) is 0 Å². The van der Waals surface area contributed by atoms with Gasteiger partial charge in [0.2, 0.25) is 5.91 Å². The van der Waals surface area contributed by atoms with E-state index in [2.05, 4.69) is 16.0 Å². The molecule has 0 aliphatic rings. The lowest BCUT2D eigenvalue weighted by molar-refractivity contribution is -0.121. The molecule has 30 heavy (non-hydrogen) atoms. The summed E-state index contributed by atoms with van der Waals surface area (Å²) in [4.78, 5) is 37.6. The zero-order chi connectivity index (χ0) is 21.8. The number of carbonyl (C=O) groups is 2. The topological polar surface area (TPSA) is 102 Å². The van der Waals surface area contributed by atoms with Crippen molar-refractivity contribution in [2.45, 2.75) is 33.2 Å². The van der Waals surface area contributed by atoms with E-state index in [1.54, 1.807) is 37.4 Å². The van der Waals surface area contributed by atoms with Crippen LogP contribution in [0.15, 0.2) is 47.3 Å². The minimum absolute atomic E-state index is 0.0659. The zero-order valence-electron chi connectivity index (χ0n) is 17.4. The van der Waals surface area contributed by atoms with Gasteiger partial charge in [-0.25, -0.2) is 4.68 Å². The quantitative estimate of drug-likeness (QED) is 0.631. The molecule has 0 saturated heterocycles. The standard InChI is InChI=1S/C22H24N4O4/c1-13(2)26-22(29)17-8-6-5-7-16(17)20(25-26)21(28)24-23-19(27)12-15-10-9-14(3)18(11-15)30-4/h5-11,13H,12H2,1-4H3,(H,23,27)(H,24,28). The summed E-state index contributed by atoms with van der Waals surface area (Å²) in [5, 5.41) is 5.04. The Labute approximate surface area is 173 Å². The third-order valence-corrected chi connectivity index (χ3v) is 4.69. The second-order valence-electron chi connectivity index (χ2n) is 7.22. The molecule has 0 fully saturated rings. The first-order valence-corrected chi connectivity index (χ1v) is 9.56. The van der Waals surface area contributed by atoms with Gasteiger partial charge in [-0.1, -0.05) is 30.3 Å². The fourth-order valence-electron chi connectivity index (χ4n) is 3.11. The number of aromatic nitrogens is 2. The number of aryl methyl sites for hydroxylation is 1. The fourth-order valence-corrected chi connectivity index (χ4v) is 3.11. The van der Waals surface area contributed by atoms with Crippen LogP contribution in [0.5, 0.6) is 5.75 Å². The molecule has 2 N–H and O–H groups in total. The first-order valence-electron chi connectivity index (χ1n) is 9.56. The van der Waals surface area contributed by atoms with Crippen LogP contribution in [0, 0.1) is 6.92 Å². The molecule has 1 aromatic heterocycles. The van der Waals surface area contributed by atoms with Crippen molar-refractivity contribution in [1.29, 1.82) is 0 Å². The highest BCUT2D eigenvalue weighted by molar-refractivity contribution is 6.05. The van der Waals surface area contributed by atoms with Gasteiger partial charge in [0.1, 0.15) is 5.75 Å². The van der Waals surface area contributed by atoms with Crippen LogP contribution in [-0.4, -0.2) is 28.7 Å². The summed E-state index contributed by atoms with van der Waals surface area (Å²) in [6.07, 6.45) is 0.0661. The number of hydrazine groups is 1. The molecular weight excluding hydrogens is 384 g/mol. The SMILES string of the molecule is COc1cc(CC(=O)NNC(=O)c2nn(C(C)C)c(=O)c3ccccc23)ccc1C. The van der Waals surface area contributed by atoms with Crippen LogP contribution in [0.2, 0.25) is 0 Å². The molecule has 1 heterocycles. The van der Waals surface area contributed by atoms with Crippen LogP contribution < -0.4 is 21.1 Å². The molecule has 0 atom stereocenters. The van der Waals surface area contributed by atoms with E-state index in [1.807, 2.05) is 32.9 Å². The summed E-state index contributed by atoms with van der Waals surface area (Å²) >= 11 is 0. The molecule has 0 bridgehead atoms. The monoisotopic (exact) mass is 408 g/mol. The normalized spacial score (nSPS) is 10.8. The average Bonchev–Trinajstić information content (AvgIpc) is 2.73. The summed E-state index contributed by atoms with van der Waals surface area (Å²) in [6, 6.07) is 12.0. The first-order chi connectivity index (χ1) is 14.3. The molecule has 0 aliphatic heterocycles. The highest BCUT2D eigenvalue weighted by Gasteiger charge is 2.18. The predicted octanol–water partition coefficient (Wildman–Crippen LogP) is 2.30. The molecule has 156 valence electrons. The van der Waals surface area contributed by atoms with Crippen molar-refractivity contribution in [3.63, 3.8) is 0 Å². The van der Waals surface area contributed by atoms with E-state index in [4.69, 9.17) is 4.74 Å². The van der Waals surface area contributed by atoms with Gasteiger partial charge in [0.05, 0.1) is 25.0 Å². The lowest BCUT2D eigenvalue weighted by atomic mass is 10.1. The van der Waals surface area contributed by atoms with Crippen molar-refractivity contribution in [3.8, 4) is 5.75 Å². The Morgan fingerprint density at radius 2 is 1.80 bits per heavy atom. The number of ether oxygens (including phenoxy) is 1. The summed E-state index contributed by atoms with van der Waals surface area (Å²) in [7, 11) is 1.57. The number of carbonyl (C=O) groups excluding carboxylic acids is 2. The Bertz CT molecular complexity index is 1170. The Hall–Kier alpha value is -3.68. The van der Waals surface area contributed by atoms with Crippen LogP contribution in [-0.2, 0) is 11.2 Å². The van der Waals surface area contributed by atoms with E-state index in [-0.39, 0.29) is 23.7 Å². The smallest absolute Gasteiger partial charge is 0.290 e. The lowest BCUT2D eigenvalue weighted by Crippen LogP contribution is -2.43. The number of nitrogens with zero attached hydrogens (tertiary/aromatic N) is 2. The van der Waals surface area contributed by atoms with Gasteiger partial charge in [-0.05, 0) is 44.0 Å². The van der Waals surface area contributed by atoms with Gasteiger partial charge < -0.3 is 4.74 Å². The third-order valence-electron chi connectivity index (χ3n) is 4.69. The van der Waals surface area contributed by atoms with Crippen molar-refractivity contribution in [2.75, 3.05) is 7.11 Å². The van der Waals surface area contributed by atoms with Crippen LogP contribution in [0.25, 0.3) is 10.8 Å². The number of methoxy groups -OCH3 is 1. The second-order valence-corrected chi connectivity index (χ2v) is 7.22. The minimum atomic E-state index is -0.601. The summed E-state index contributed by atoms with van der Waals surface area (Å²) in [6.45, 7) is 5.53. The number of rotatable bonds is 5. The van der Waals surface area contributed by atoms with E-state index in [1.165, 1.54) is 4.68 Å². The summed E-state index contributed by atoms with van der Waals surface area (Å²) in [5.41, 5.74) is 6.31. The van der Waals surface area contributed by atoms with Gasteiger partial charge in [-0.3, -0.25) is 25.2 Å². The number of amides is 2. The fraction of sp³-hybridized carbons (Fsp3) is 0.273. The first kappa shape index (κ1) is 21.0. The molecular formula is C22H24N4O4. The number of fused-ring (bicyclic) bond motifs is 1. The number of benzene rings is 2. The number of hydrogen-bond acceptors (Lipinski definition) is 5. The highest BCUT2D eigenvalue weighted by Crippen LogP contribution is 2.19. The van der Waals surface area contributed by atoms with E-state index >= 15 is 0 Å². The van der Waals surface area contributed by atoms with Crippen molar-refractivity contribution < 1.29 is 14.3 Å². The van der Waals surface area contributed by atoms with Crippen LogP contribution in [0.1, 0.15) is 41.5 Å². The third kappa shape index (κ3) is 4.32. The van der Waals surface area contributed by atoms with Crippen LogP contribution >= 0.6 is 0 Å². The maximum Gasteiger partial charge on any atom is 0.290 e. The molecule has 0 spiro atoms. The van der Waals surface area contributed by atoms with E-state index in [9.17, 15) is 14.4 Å². The van der Waals surface area contributed by atoms with Crippen molar-refractivity contribution >= 4 is 22.6 Å². The Balaban J connectivity index is 1.78. The summed E-state index contributed by atoms with van der Waals surface area (Å²) < 4.78 is 6.53. The number of nitrogens with one attached hydrogen (secondary N) is 2. The molecule has 3 rings (SSSR count). The molecule has 2 amide bonds. The van der Waals surface area contributed by atoms with Gasteiger partial charge in [-0.2, -0.15) is 5.10 Å². The van der Waals surface area contributed by atoms with Crippen molar-refractivity contribution in [1.82, 2.24) is 20.6 Å². The van der Waals surface area contributed by atoms with Crippen molar-refractivity contribution in [2.24, 2.45) is 0 Å². The van der Waals surface area contributed by atoms with Gasteiger partial charge >= 0.3 is 0 Å². The molecule has 0 radical (unpaired) electrons. The van der Waals surface area contributed by atoms with Gasteiger partial charge in [0.25, 0.3) is 11.5 Å². The molecule has 0 unspecified atom stereocenters. The van der Waals surface area contributed by atoms with Gasteiger partial charge in [-0.15, -0.1) is 0 Å². The van der Waals surface area contributed by atoms with Crippen molar-refractivity contribution in [3.05, 3.63) is 69.6 Å². The molecule has 8 nitrogen and oxygen atoms in total. The van der Waals surface area contributed by atoms with Crippen LogP contribution in [0.3, 0.4) is 0 Å². The summed E-state index contributed by atoms with van der Waals surface area (Å²) in [5.74, 6) is -0.304. The van der Waals surface area contributed by atoms with Gasteiger partial charge in [0.15, 0.2) is 5.69 Å². The molecule has 0 aliphatic carbocycles. The van der Waals surface area contributed by atoms with E-state index < -0.39 is 11.8 Å². The highest BCUT2D eigenvalue weighted by atomic mass is 16.5. The Morgan fingerprint density at radius 3 is 2.47 bits per heavy atom. The maximum atomic E-state index is 12.7. The number of hydrogen-bond donors (Lipinski definition) is 2. The Morgan fingerprint density at radius 1 is 1.10 bits per heavy atom. The van der Waals surface area contributed by atoms with E-state index in [0.717, 1.165) is 11.1 Å². The molecule has 3 aromatic rings. The maximum absolute atomic E-state index is 12.7. The lowest BCUT2D eigenvalue weighted by Gasteiger charge is -2.14. The predicted molar refractivity (Wildman–Crippen MR) is 113 cm³/mol. The second kappa shape index (κ2) is 8.77. The zero-order valence-corrected chi connectivity index (χ0v) is 17.4. The average molecular weight is 408 g/mol. The Kier molecular flexibility index (Phi) is 6.15. The van der Waals surface area contributed by atoms with Gasteiger partial charge in [0, 0.05) is 5.39 Å². The molecule has 2 aromatic carbocycles. The molecule has 0 saturated carbocycles. The largest absolute Gasteiger partial charge is 0.496 e.